The molecule has 43 heavy (non-hydrogen) atoms. The highest BCUT2D eigenvalue weighted by atomic mass is 16.7. The number of aliphatic hydroxyl groups excluding tert-OH is 8. The molecule has 0 spiro atoms. The number of rotatable bonds is 13. The van der Waals surface area contributed by atoms with E-state index in [-0.39, 0.29) is 39.1 Å². The van der Waals surface area contributed by atoms with E-state index >= 15 is 0 Å². The molecule has 18 N–H and O–H groups in total. The lowest BCUT2D eigenvalue weighted by Gasteiger charge is -2.49. The first-order chi connectivity index (χ1) is 20.4. The van der Waals surface area contributed by atoms with E-state index in [0.717, 1.165) is 0 Å². The minimum atomic E-state index is -1.68. The summed E-state index contributed by atoms with van der Waals surface area (Å²) in [6.07, 6.45) is -17.3. The topological polar surface area (TPSA) is 344 Å². The zero-order valence-electron chi connectivity index (χ0n) is 23.6. The molecule has 1 aliphatic carbocycles. The molecule has 0 bridgehead atoms. The van der Waals surface area contributed by atoms with Crippen LogP contribution in [0.3, 0.4) is 0 Å². The lowest BCUT2D eigenvalue weighted by molar-refractivity contribution is -0.320. The molecule has 3 aliphatic rings. The molecular formula is C24H48N6O13. The van der Waals surface area contributed by atoms with Crippen LogP contribution in [0.15, 0.2) is 0 Å². The Balaban J connectivity index is 1.83. The van der Waals surface area contributed by atoms with Gasteiger partial charge in [0.15, 0.2) is 12.6 Å². The Kier molecular flexibility index (Phi) is 13.8. The van der Waals surface area contributed by atoms with Crippen LogP contribution in [0.25, 0.3) is 0 Å². The Morgan fingerprint density at radius 1 is 0.860 bits per heavy atom. The lowest BCUT2D eigenvalue weighted by Crippen LogP contribution is -2.70. The van der Waals surface area contributed by atoms with Crippen molar-refractivity contribution < 1.29 is 64.6 Å². The van der Waals surface area contributed by atoms with Gasteiger partial charge in [-0.2, -0.15) is 0 Å². The molecule has 0 radical (unpaired) electrons. The summed E-state index contributed by atoms with van der Waals surface area (Å²) in [5.41, 5.74) is 23.7. The monoisotopic (exact) mass is 628 g/mol. The molecule has 16 unspecified atom stereocenters. The molecule has 252 valence electrons. The Bertz CT molecular complexity index is 867. The van der Waals surface area contributed by atoms with Crippen molar-refractivity contribution >= 4 is 5.91 Å². The molecule has 3 fully saturated rings. The zero-order valence-corrected chi connectivity index (χ0v) is 23.6. The number of hydrogen-bond donors (Lipinski definition) is 14. The molecule has 16 atom stereocenters. The number of nitrogens with one attached hydrogen (secondary N) is 2. The van der Waals surface area contributed by atoms with Crippen molar-refractivity contribution in [3.63, 3.8) is 0 Å². The Morgan fingerprint density at radius 2 is 1.51 bits per heavy atom. The third kappa shape index (κ3) is 8.54. The fourth-order valence-corrected chi connectivity index (χ4v) is 5.41. The fraction of sp³-hybridized carbons (Fsp3) is 0.958. The summed E-state index contributed by atoms with van der Waals surface area (Å²) in [5, 5.41) is 87.4. The summed E-state index contributed by atoms with van der Waals surface area (Å²) in [6.45, 7) is -0.633. The Morgan fingerprint density at radius 3 is 2.14 bits per heavy atom. The summed E-state index contributed by atoms with van der Waals surface area (Å²) < 4.78 is 23.1. The van der Waals surface area contributed by atoms with Crippen LogP contribution in [-0.4, -0.2) is 177 Å². The van der Waals surface area contributed by atoms with Gasteiger partial charge in [-0.25, -0.2) is 0 Å². The highest BCUT2D eigenvalue weighted by Gasteiger charge is 2.52. The van der Waals surface area contributed by atoms with Crippen LogP contribution >= 0.6 is 0 Å². The Labute approximate surface area is 248 Å². The first-order valence-corrected chi connectivity index (χ1v) is 14.3. The maximum absolute atomic E-state index is 12.7. The zero-order chi connectivity index (χ0) is 32.0. The second-order valence-corrected chi connectivity index (χ2v) is 11.1. The van der Waals surface area contributed by atoms with Gasteiger partial charge >= 0.3 is 0 Å². The van der Waals surface area contributed by atoms with Gasteiger partial charge in [-0.15, -0.1) is 0 Å². The van der Waals surface area contributed by atoms with E-state index < -0.39 is 110 Å². The largest absolute Gasteiger partial charge is 0.395 e. The fourth-order valence-electron chi connectivity index (χ4n) is 5.41. The molecule has 0 aromatic carbocycles. The van der Waals surface area contributed by atoms with Crippen LogP contribution in [0.1, 0.15) is 12.8 Å². The van der Waals surface area contributed by atoms with Crippen molar-refractivity contribution in [2.45, 2.75) is 111 Å². The van der Waals surface area contributed by atoms with Gasteiger partial charge in [0.1, 0.15) is 61.0 Å². The molecule has 0 aromatic heterocycles. The van der Waals surface area contributed by atoms with Gasteiger partial charge in [0, 0.05) is 19.1 Å². The summed E-state index contributed by atoms with van der Waals surface area (Å²) in [4.78, 5) is 12.7. The molecule has 2 heterocycles. The van der Waals surface area contributed by atoms with Crippen LogP contribution in [0.4, 0.5) is 0 Å². The van der Waals surface area contributed by atoms with Gasteiger partial charge in [-0.05, 0) is 19.4 Å². The van der Waals surface area contributed by atoms with Crippen LogP contribution in [0.5, 0.6) is 0 Å². The van der Waals surface area contributed by atoms with Gasteiger partial charge in [-0.3, -0.25) is 4.79 Å². The maximum atomic E-state index is 12.7. The van der Waals surface area contributed by atoms with E-state index in [4.69, 9.17) is 47.0 Å². The van der Waals surface area contributed by atoms with Crippen LogP contribution in [0.2, 0.25) is 0 Å². The smallest absolute Gasteiger partial charge is 0.249 e. The number of ether oxygens (including phenoxy) is 4. The van der Waals surface area contributed by atoms with Crippen molar-refractivity contribution in [3.8, 4) is 0 Å². The van der Waals surface area contributed by atoms with E-state index in [9.17, 15) is 40.5 Å². The van der Waals surface area contributed by atoms with Crippen molar-refractivity contribution in [2.75, 3.05) is 32.8 Å². The number of nitrogens with two attached hydrogens (primary N) is 4. The van der Waals surface area contributed by atoms with Crippen LogP contribution in [-0.2, 0) is 23.7 Å². The third-order valence-corrected chi connectivity index (χ3v) is 7.99. The molecule has 1 saturated carbocycles. The number of amides is 1. The normalized spacial score (nSPS) is 44.6. The average molecular weight is 629 g/mol. The molecule has 1 amide bonds. The van der Waals surface area contributed by atoms with Gasteiger partial charge in [0.25, 0.3) is 0 Å². The van der Waals surface area contributed by atoms with Crippen LogP contribution in [0, 0.1) is 0 Å². The SMILES string of the molecule is NCCC(O)C(=O)NC1CC(N)C(OC2OC(CNCCO)C(O)C(O)C2N)C(O)C1OC1OC(CO)C(O)C(N)C1O. The van der Waals surface area contributed by atoms with Crippen molar-refractivity contribution in [2.24, 2.45) is 22.9 Å². The molecule has 19 nitrogen and oxygen atoms in total. The number of hydrogen-bond acceptors (Lipinski definition) is 18. The number of carbonyl (C=O) groups is 1. The summed E-state index contributed by atoms with van der Waals surface area (Å²) >= 11 is 0. The highest BCUT2D eigenvalue weighted by Crippen LogP contribution is 2.31. The van der Waals surface area contributed by atoms with Crippen LogP contribution < -0.4 is 33.6 Å². The predicted octanol–water partition coefficient (Wildman–Crippen LogP) is -8.83. The summed E-state index contributed by atoms with van der Waals surface area (Å²) in [7, 11) is 0. The molecule has 0 aromatic rings. The number of aliphatic hydroxyl groups is 8. The molecule has 2 aliphatic heterocycles. The van der Waals surface area contributed by atoms with Crippen molar-refractivity contribution in [1.29, 1.82) is 0 Å². The van der Waals surface area contributed by atoms with E-state index in [1.807, 2.05) is 0 Å². The van der Waals surface area contributed by atoms with Crippen molar-refractivity contribution in [1.82, 2.24) is 10.6 Å². The quantitative estimate of drug-likeness (QED) is 0.0841. The lowest BCUT2D eigenvalue weighted by atomic mass is 9.83. The van der Waals surface area contributed by atoms with Gasteiger partial charge < -0.3 is 93.4 Å². The molecule has 2 saturated heterocycles. The first kappa shape index (κ1) is 36.3. The maximum Gasteiger partial charge on any atom is 0.249 e. The first-order valence-electron chi connectivity index (χ1n) is 14.3. The molecule has 19 heteroatoms. The van der Waals surface area contributed by atoms with E-state index in [1.54, 1.807) is 0 Å². The highest BCUT2D eigenvalue weighted by molar-refractivity contribution is 5.80. The van der Waals surface area contributed by atoms with E-state index in [1.165, 1.54) is 0 Å². The van der Waals surface area contributed by atoms with Gasteiger partial charge in [0.05, 0.1) is 31.3 Å². The molecular weight excluding hydrogens is 580 g/mol. The standard InChI is InChI=1S/C24H48N6O13/c25-2-1-10(33)22(39)30-9-5-8(26)20(42-23-14(28)17(36)16(35)11(40-23)6-29-3-4-31)19(38)21(9)43-24-18(37)13(27)15(34)12(7-32)41-24/h8-21,23-24,29,31-38H,1-7,25-28H2,(H,30,39). The second-order valence-electron chi connectivity index (χ2n) is 11.1. The number of carbonyl (C=O) groups excluding carboxylic acids is 1. The third-order valence-electron chi connectivity index (χ3n) is 7.99. The van der Waals surface area contributed by atoms with E-state index in [2.05, 4.69) is 10.6 Å². The minimum absolute atomic E-state index is 0.0147. The Hall–Kier alpha value is -1.21. The second kappa shape index (κ2) is 16.4. The van der Waals surface area contributed by atoms with Gasteiger partial charge in [0.2, 0.25) is 5.91 Å². The molecule has 3 rings (SSSR count). The van der Waals surface area contributed by atoms with E-state index in [0.29, 0.717) is 0 Å². The summed E-state index contributed by atoms with van der Waals surface area (Å²) in [6, 6.07) is -4.67. The van der Waals surface area contributed by atoms with Crippen molar-refractivity contribution in [3.05, 3.63) is 0 Å². The summed E-state index contributed by atoms with van der Waals surface area (Å²) in [5.74, 6) is -0.832. The minimum Gasteiger partial charge on any atom is -0.395 e. The predicted molar refractivity (Wildman–Crippen MR) is 144 cm³/mol. The average Bonchev–Trinajstić information content (AvgIpc) is 2.97. The van der Waals surface area contributed by atoms with Gasteiger partial charge in [-0.1, -0.05) is 0 Å².